The van der Waals surface area contributed by atoms with Gasteiger partial charge >= 0.3 is 0 Å². The molecule has 0 aliphatic carbocycles. The van der Waals surface area contributed by atoms with E-state index in [-0.39, 0.29) is 51.0 Å². The van der Waals surface area contributed by atoms with Crippen LogP contribution in [0.4, 0.5) is 0 Å². The Morgan fingerprint density at radius 2 is 1.62 bits per heavy atom. The molecule has 3 heteroatoms. The average molecular weight is 397 g/mol. The van der Waals surface area contributed by atoms with E-state index in [0.29, 0.717) is 0 Å². The standard InChI is InChI=1S/C18H17.2ClH.Zr/c1-3-14-11-16-5-4-6-17(18(16)12-14)15-9-7-13(2)8-10-15;;;/h4-12H,3H2,1-2H3;2*1H;/q-1;;;. The van der Waals surface area contributed by atoms with Crippen LogP contribution in [-0.4, -0.2) is 0 Å². The van der Waals surface area contributed by atoms with Crippen LogP contribution in [0, 0.1) is 6.92 Å². The molecule has 0 saturated heterocycles. The molecule has 0 amide bonds. The van der Waals surface area contributed by atoms with Crippen molar-refractivity contribution in [3.05, 3.63) is 65.7 Å². The molecular weight excluding hydrogens is 378 g/mol. The second-order valence-electron chi connectivity index (χ2n) is 4.89. The van der Waals surface area contributed by atoms with Crippen LogP contribution in [0.3, 0.4) is 0 Å². The zero-order chi connectivity index (χ0) is 12.5. The molecule has 21 heavy (non-hydrogen) atoms. The van der Waals surface area contributed by atoms with Crippen molar-refractivity contribution in [1.29, 1.82) is 0 Å². The van der Waals surface area contributed by atoms with Gasteiger partial charge in [0.25, 0.3) is 0 Å². The summed E-state index contributed by atoms with van der Waals surface area (Å²) in [7, 11) is 0. The molecule has 3 aromatic carbocycles. The second-order valence-corrected chi connectivity index (χ2v) is 4.89. The smallest absolute Gasteiger partial charge is 0 e. The Bertz CT molecular complexity index is 684. The fraction of sp³-hybridized carbons (Fsp3) is 0.167. The van der Waals surface area contributed by atoms with Gasteiger partial charge in [-0.25, -0.2) is 0 Å². The van der Waals surface area contributed by atoms with Crippen LogP contribution in [0.25, 0.3) is 21.9 Å². The van der Waals surface area contributed by atoms with E-state index in [1.54, 1.807) is 0 Å². The summed E-state index contributed by atoms with van der Waals surface area (Å²) >= 11 is 0. The molecule has 0 atom stereocenters. The molecule has 0 fully saturated rings. The monoisotopic (exact) mass is 395 g/mol. The number of benzene rings is 2. The normalized spacial score (nSPS) is 9.43. The van der Waals surface area contributed by atoms with Gasteiger partial charge in [0.15, 0.2) is 0 Å². The first-order valence-corrected chi connectivity index (χ1v) is 6.53. The van der Waals surface area contributed by atoms with Gasteiger partial charge in [-0.2, -0.15) is 6.07 Å². The van der Waals surface area contributed by atoms with Gasteiger partial charge in [-0.3, -0.25) is 0 Å². The molecule has 0 radical (unpaired) electrons. The van der Waals surface area contributed by atoms with E-state index in [1.807, 2.05) is 0 Å². The first kappa shape index (κ1) is 20.5. The van der Waals surface area contributed by atoms with Crippen molar-refractivity contribution in [1.82, 2.24) is 0 Å². The van der Waals surface area contributed by atoms with E-state index < -0.39 is 0 Å². The Labute approximate surface area is 158 Å². The van der Waals surface area contributed by atoms with Gasteiger partial charge in [-0.05, 0) is 18.9 Å². The summed E-state index contributed by atoms with van der Waals surface area (Å²) in [4.78, 5) is 0. The van der Waals surface area contributed by atoms with E-state index in [0.717, 1.165) is 6.42 Å². The van der Waals surface area contributed by atoms with Crippen LogP contribution < -0.4 is 0 Å². The van der Waals surface area contributed by atoms with Gasteiger partial charge < -0.3 is 0 Å². The number of aryl methyl sites for hydroxylation is 2. The average Bonchev–Trinajstić information content (AvgIpc) is 2.82. The Morgan fingerprint density at radius 1 is 0.952 bits per heavy atom. The van der Waals surface area contributed by atoms with E-state index in [4.69, 9.17) is 0 Å². The molecular formula is C18H19Cl2Zr-. The van der Waals surface area contributed by atoms with Crippen molar-refractivity contribution in [2.45, 2.75) is 20.3 Å². The van der Waals surface area contributed by atoms with Crippen molar-refractivity contribution in [3.63, 3.8) is 0 Å². The number of hydrogen-bond acceptors (Lipinski definition) is 0. The molecule has 0 N–H and O–H groups in total. The van der Waals surface area contributed by atoms with Crippen molar-refractivity contribution < 1.29 is 26.2 Å². The molecule has 0 saturated carbocycles. The molecule has 3 rings (SSSR count). The molecule has 0 bridgehead atoms. The fourth-order valence-electron chi connectivity index (χ4n) is 2.49. The summed E-state index contributed by atoms with van der Waals surface area (Å²) in [6, 6.07) is 20.0. The molecule has 110 valence electrons. The van der Waals surface area contributed by atoms with Crippen LogP contribution in [0.5, 0.6) is 0 Å². The third-order valence-electron chi connectivity index (χ3n) is 3.58. The molecule has 0 aliphatic heterocycles. The van der Waals surface area contributed by atoms with Gasteiger partial charge in [0.1, 0.15) is 0 Å². The number of fused-ring (bicyclic) bond motifs is 1. The third-order valence-corrected chi connectivity index (χ3v) is 3.58. The summed E-state index contributed by atoms with van der Waals surface area (Å²) in [6.07, 6.45) is 1.10. The van der Waals surface area contributed by atoms with Crippen molar-refractivity contribution in [2.75, 3.05) is 0 Å². The topological polar surface area (TPSA) is 0 Å². The van der Waals surface area contributed by atoms with Crippen LogP contribution in [0.2, 0.25) is 0 Å². The van der Waals surface area contributed by atoms with E-state index in [1.165, 1.54) is 33.0 Å². The maximum atomic E-state index is 2.32. The predicted molar refractivity (Wildman–Crippen MR) is 93.6 cm³/mol. The van der Waals surface area contributed by atoms with E-state index >= 15 is 0 Å². The van der Waals surface area contributed by atoms with E-state index in [2.05, 4.69) is 68.4 Å². The molecule has 0 spiro atoms. The van der Waals surface area contributed by atoms with Gasteiger partial charge in [-0.1, -0.05) is 48.4 Å². The minimum absolute atomic E-state index is 0. The van der Waals surface area contributed by atoms with E-state index in [9.17, 15) is 0 Å². The zero-order valence-corrected chi connectivity index (χ0v) is 16.3. The molecule has 3 aromatic rings. The summed E-state index contributed by atoms with van der Waals surface area (Å²) in [5, 5.41) is 2.73. The Hall–Kier alpha value is -0.487. The SMILES string of the molecule is CCc1cc2c(-c3ccc(C)cc3)cccc2[cH-]1.Cl.Cl.[Zr]. The second kappa shape index (κ2) is 8.83. The molecule has 0 heterocycles. The van der Waals surface area contributed by atoms with Crippen molar-refractivity contribution in [2.24, 2.45) is 0 Å². The Kier molecular flexibility index (Phi) is 8.63. The van der Waals surface area contributed by atoms with Crippen LogP contribution in [-0.2, 0) is 32.6 Å². The maximum Gasteiger partial charge on any atom is 0 e. The minimum Gasteiger partial charge on any atom is -0.164 e. The van der Waals surface area contributed by atoms with Crippen molar-refractivity contribution in [3.8, 4) is 11.1 Å². The minimum atomic E-state index is 0. The first-order valence-electron chi connectivity index (χ1n) is 6.53. The fourth-order valence-corrected chi connectivity index (χ4v) is 2.49. The van der Waals surface area contributed by atoms with Crippen LogP contribution >= 0.6 is 24.8 Å². The molecule has 0 aromatic heterocycles. The number of rotatable bonds is 2. The van der Waals surface area contributed by atoms with Crippen LogP contribution in [0.1, 0.15) is 18.1 Å². The molecule has 0 nitrogen and oxygen atoms in total. The molecule has 0 aliphatic rings. The van der Waals surface area contributed by atoms with Gasteiger partial charge in [0.05, 0.1) is 0 Å². The number of hydrogen-bond donors (Lipinski definition) is 0. The predicted octanol–water partition coefficient (Wildman–Crippen LogP) is 5.94. The number of halogens is 2. The third kappa shape index (κ3) is 4.25. The first-order chi connectivity index (χ1) is 8.78. The summed E-state index contributed by atoms with van der Waals surface area (Å²) < 4.78 is 0. The molecule has 0 unspecified atom stereocenters. The zero-order valence-electron chi connectivity index (χ0n) is 12.2. The van der Waals surface area contributed by atoms with Crippen molar-refractivity contribution >= 4 is 35.6 Å². The summed E-state index contributed by atoms with van der Waals surface area (Å²) in [5.74, 6) is 0. The largest absolute Gasteiger partial charge is 0.164 e. The Balaban J connectivity index is 0.00000133. The Morgan fingerprint density at radius 3 is 2.24 bits per heavy atom. The van der Waals surface area contributed by atoms with Gasteiger partial charge in [0.2, 0.25) is 0 Å². The van der Waals surface area contributed by atoms with Gasteiger partial charge in [-0.15, -0.1) is 59.3 Å². The summed E-state index contributed by atoms with van der Waals surface area (Å²) in [6.45, 7) is 4.34. The summed E-state index contributed by atoms with van der Waals surface area (Å²) in [5.41, 5.74) is 5.37. The van der Waals surface area contributed by atoms with Gasteiger partial charge in [0, 0.05) is 26.2 Å². The quantitative estimate of drug-likeness (QED) is 0.470. The maximum absolute atomic E-state index is 2.32. The van der Waals surface area contributed by atoms with Crippen LogP contribution in [0.15, 0.2) is 54.6 Å².